The summed E-state index contributed by atoms with van der Waals surface area (Å²) in [6.07, 6.45) is 8.90. The van der Waals surface area contributed by atoms with Crippen LogP contribution < -0.4 is 0 Å². The SMILES string of the molecule is O=S(O)(=S)N(C1CCCC1)C1CCCC1. The van der Waals surface area contributed by atoms with E-state index in [1.807, 2.05) is 0 Å². The third kappa shape index (κ3) is 2.70. The second-order valence-electron chi connectivity index (χ2n) is 4.68. The van der Waals surface area contributed by atoms with Crippen molar-refractivity contribution in [3.8, 4) is 0 Å². The Kier molecular flexibility index (Phi) is 3.65. The van der Waals surface area contributed by atoms with Gasteiger partial charge in [-0.05, 0) is 25.7 Å². The number of rotatable bonds is 3. The smallest absolute Gasteiger partial charge is 0.210 e. The molecule has 1 N–H and O–H groups in total. The summed E-state index contributed by atoms with van der Waals surface area (Å²) in [6, 6.07) is 0.534. The Labute approximate surface area is 96.9 Å². The standard InChI is InChI=1S/C10H19NO2S2/c12-15(13,14)11(9-5-1-2-6-9)10-7-3-4-8-10/h9-10H,1-8H2,(H,12,13,14). The minimum absolute atomic E-state index is 0.267. The van der Waals surface area contributed by atoms with Crippen molar-refractivity contribution in [2.75, 3.05) is 0 Å². The van der Waals surface area contributed by atoms with Crippen LogP contribution in [-0.4, -0.2) is 25.2 Å². The average molecular weight is 249 g/mol. The van der Waals surface area contributed by atoms with E-state index in [0.717, 1.165) is 25.7 Å². The lowest BCUT2D eigenvalue weighted by Crippen LogP contribution is -2.44. The van der Waals surface area contributed by atoms with Crippen LogP contribution in [0.25, 0.3) is 0 Å². The van der Waals surface area contributed by atoms with Gasteiger partial charge in [0.2, 0.25) is 8.96 Å². The molecule has 2 aliphatic rings. The second-order valence-corrected chi connectivity index (χ2v) is 7.30. The van der Waals surface area contributed by atoms with Crippen LogP contribution in [-0.2, 0) is 20.1 Å². The Bertz CT molecular complexity index is 287. The summed E-state index contributed by atoms with van der Waals surface area (Å²) >= 11 is 4.79. The van der Waals surface area contributed by atoms with Crippen molar-refractivity contribution < 1.29 is 8.76 Å². The fourth-order valence-corrected chi connectivity index (χ4v) is 4.90. The number of hydrogen-bond acceptors (Lipinski definition) is 2. The fraction of sp³-hybridized carbons (Fsp3) is 1.00. The molecule has 0 aromatic carbocycles. The highest BCUT2D eigenvalue weighted by atomic mass is 32.8. The third-order valence-corrected chi connectivity index (χ3v) is 5.28. The van der Waals surface area contributed by atoms with E-state index in [2.05, 4.69) is 0 Å². The van der Waals surface area contributed by atoms with Gasteiger partial charge in [0, 0.05) is 23.3 Å². The summed E-state index contributed by atoms with van der Waals surface area (Å²) in [5.74, 6) is 0. The highest BCUT2D eigenvalue weighted by Crippen LogP contribution is 2.33. The molecule has 0 saturated heterocycles. The highest BCUT2D eigenvalue weighted by molar-refractivity contribution is 8.28. The monoisotopic (exact) mass is 249 g/mol. The normalized spacial score (nSPS) is 28.7. The Balaban J connectivity index is 2.15. The van der Waals surface area contributed by atoms with Gasteiger partial charge in [-0.25, -0.2) is 4.21 Å². The van der Waals surface area contributed by atoms with Gasteiger partial charge in [-0.3, -0.25) is 4.55 Å². The predicted octanol–water partition coefficient (Wildman–Crippen LogP) is 2.31. The molecule has 0 bridgehead atoms. The molecule has 2 saturated carbocycles. The summed E-state index contributed by atoms with van der Waals surface area (Å²) in [4.78, 5) is 0. The van der Waals surface area contributed by atoms with Crippen LogP contribution in [0.1, 0.15) is 51.4 Å². The van der Waals surface area contributed by atoms with Gasteiger partial charge in [-0.2, -0.15) is 4.31 Å². The summed E-state index contributed by atoms with van der Waals surface area (Å²) in [5.41, 5.74) is 0. The maximum atomic E-state index is 11.8. The molecule has 1 atom stereocenters. The quantitative estimate of drug-likeness (QED) is 0.834. The summed E-state index contributed by atoms with van der Waals surface area (Å²) in [5, 5.41) is 0. The second kappa shape index (κ2) is 4.65. The molecule has 0 spiro atoms. The molecule has 2 aliphatic carbocycles. The Morgan fingerprint density at radius 1 is 1.00 bits per heavy atom. The Hall–Kier alpha value is 0.290. The first kappa shape index (κ1) is 11.8. The molecule has 2 rings (SSSR count). The van der Waals surface area contributed by atoms with Gasteiger partial charge in [0.25, 0.3) is 0 Å². The first-order valence-electron chi connectivity index (χ1n) is 5.85. The van der Waals surface area contributed by atoms with Crippen molar-refractivity contribution in [1.29, 1.82) is 0 Å². The maximum Gasteiger partial charge on any atom is 0.210 e. The van der Waals surface area contributed by atoms with E-state index in [0.29, 0.717) is 0 Å². The van der Waals surface area contributed by atoms with Gasteiger partial charge in [-0.15, -0.1) is 0 Å². The topological polar surface area (TPSA) is 40.5 Å². The highest BCUT2D eigenvalue weighted by Gasteiger charge is 2.35. The Morgan fingerprint density at radius 3 is 1.60 bits per heavy atom. The van der Waals surface area contributed by atoms with Crippen molar-refractivity contribution >= 4 is 20.1 Å². The average Bonchev–Trinajstić information content (AvgIpc) is 2.73. The van der Waals surface area contributed by atoms with E-state index in [9.17, 15) is 8.76 Å². The zero-order chi connectivity index (χ0) is 10.9. The van der Waals surface area contributed by atoms with Crippen LogP contribution >= 0.6 is 0 Å². The van der Waals surface area contributed by atoms with Gasteiger partial charge in [0.05, 0.1) is 0 Å². The minimum Gasteiger partial charge on any atom is -0.294 e. The number of hydrogen-bond donors (Lipinski definition) is 1. The maximum absolute atomic E-state index is 11.8. The summed E-state index contributed by atoms with van der Waals surface area (Å²) in [6.45, 7) is 0. The van der Waals surface area contributed by atoms with Crippen molar-refractivity contribution in [2.24, 2.45) is 0 Å². The molecule has 0 aromatic rings. The van der Waals surface area contributed by atoms with Crippen LogP contribution in [0.5, 0.6) is 0 Å². The minimum atomic E-state index is -3.17. The molecular weight excluding hydrogens is 230 g/mol. The van der Waals surface area contributed by atoms with E-state index in [1.54, 1.807) is 4.31 Å². The molecule has 3 nitrogen and oxygen atoms in total. The van der Waals surface area contributed by atoms with E-state index in [4.69, 9.17) is 11.2 Å². The fourth-order valence-electron chi connectivity index (χ4n) is 2.99. The van der Waals surface area contributed by atoms with E-state index in [1.165, 1.54) is 25.7 Å². The molecule has 2 fully saturated rings. The summed E-state index contributed by atoms with van der Waals surface area (Å²) < 4.78 is 23.2. The predicted molar refractivity (Wildman–Crippen MR) is 64.5 cm³/mol. The number of nitrogens with zero attached hydrogens (tertiary/aromatic N) is 1. The van der Waals surface area contributed by atoms with Gasteiger partial charge in [-0.1, -0.05) is 25.7 Å². The van der Waals surface area contributed by atoms with Crippen LogP contribution in [0.2, 0.25) is 0 Å². The largest absolute Gasteiger partial charge is 0.294 e. The zero-order valence-electron chi connectivity index (χ0n) is 8.93. The molecule has 1 unspecified atom stereocenters. The van der Waals surface area contributed by atoms with Gasteiger partial charge in [0.1, 0.15) is 0 Å². The lowest BCUT2D eigenvalue weighted by atomic mass is 10.2. The molecule has 0 heterocycles. The van der Waals surface area contributed by atoms with Crippen LogP contribution in [0, 0.1) is 0 Å². The van der Waals surface area contributed by atoms with Gasteiger partial charge < -0.3 is 0 Å². The zero-order valence-corrected chi connectivity index (χ0v) is 10.6. The molecular formula is C10H19NO2S2. The lowest BCUT2D eigenvalue weighted by Gasteiger charge is -2.32. The first-order chi connectivity index (χ1) is 7.09. The van der Waals surface area contributed by atoms with Crippen molar-refractivity contribution in [1.82, 2.24) is 4.31 Å². The van der Waals surface area contributed by atoms with Gasteiger partial charge >= 0.3 is 0 Å². The first-order valence-corrected chi connectivity index (χ1v) is 8.24. The molecule has 5 heteroatoms. The molecule has 0 aromatic heterocycles. The van der Waals surface area contributed by atoms with Crippen LogP contribution in [0.4, 0.5) is 0 Å². The molecule has 0 aliphatic heterocycles. The van der Waals surface area contributed by atoms with Crippen molar-refractivity contribution in [3.05, 3.63) is 0 Å². The van der Waals surface area contributed by atoms with Crippen LogP contribution in [0.15, 0.2) is 0 Å². The van der Waals surface area contributed by atoms with Crippen molar-refractivity contribution in [3.63, 3.8) is 0 Å². The molecule has 15 heavy (non-hydrogen) atoms. The van der Waals surface area contributed by atoms with Crippen LogP contribution in [0.3, 0.4) is 0 Å². The Morgan fingerprint density at radius 2 is 1.33 bits per heavy atom. The summed E-state index contributed by atoms with van der Waals surface area (Å²) in [7, 11) is -3.17. The van der Waals surface area contributed by atoms with Gasteiger partial charge in [0.15, 0.2) is 0 Å². The van der Waals surface area contributed by atoms with E-state index >= 15 is 0 Å². The molecule has 0 amide bonds. The third-order valence-electron chi connectivity index (χ3n) is 3.64. The molecule has 88 valence electrons. The van der Waals surface area contributed by atoms with Crippen molar-refractivity contribution in [2.45, 2.75) is 63.5 Å². The molecule has 0 radical (unpaired) electrons. The lowest BCUT2D eigenvalue weighted by molar-refractivity contribution is 0.245. The van der Waals surface area contributed by atoms with E-state index in [-0.39, 0.29) is 12.1 Å². The van der Waals surface area contributed by atoms with E-state index < -0.39 is 8.96 Å².